The Hall–Kier alpha value is -3.34. The molecular formula is C20H23NO10. The minimum absolute atomic E-state index is 0.286. The number of hydrogen-bond donors (Lipinski definition) is 0. The monoisotopic (exact) mass is 437 g/mol. The van der Waals surface area contributed by atoms with Gasteiger partial charge in [0, 0.05) is 26.8 Å². The van der Waals surface area contributed by atoms with Gasteiger partial charge in [-0.25, -0.2) is 9.69 Å². The Balaban J connectivity index is 1.96. The van der Waals surface area contributed by atoms with Crippen LogP contribution >= 0.6 is 0 Å². The van der Waals surface area contributed by atoms with E-state index in [-0.39, 0.29) is 6.61 Å². The first-order chi connectivity index (χ1) is 14.7. The third kappa shape index (κ3) is 4.88. The summed E-state index contributed by atoms with van der Waals surface area (Å²) in [7, 11) is 1.49. The topological polar surface area (TPSA) is 127 Å². The number of carbonyl (C=O) groups excluding carboxylic acids is 4. The number of carbonyl (C=O) groups is 4. The number of benzene rings is 1. The molecule has 2 aliphatic rings. The number of esters is 2. The standard InChI is InChI=1S/C20H23NO10/c1-10(22)21-16-18(31-20(21)25)17(28-12(3)24)15(9-27-11(2)23)30-19(16)29-14-7-5-6-13(8-14)26-4/h5-8,15-19H,9H2,1-4H3/t15-,16-,17-,18-,19?/m1/s1. The van der Waals surface area contributed by atoms with Gasteiger partial charge in [-0.05, 0) is 12.1 Å². The third-order valence-electron chi connectivity index (χ3n) is 4.73. The first kappa shape index (κ1) is 22.3. The Labute approximate surface area is 178 Å². The van der Waals surface area contributed by atoms with Crippen LogP contribution in [0.3, 0.4) is 0 Å². The molecule has 0 bridgehead atoms. The van der Waals surface area contributed by atoms with Crippen molar-refractivity contribution < 1.29 is 47.6 Å². The average molecular weight is 437 g/mol. The molecule has 2 fully saturated rings. The molecule has 2 aliphatic heterocycles. The summed E-state index contributed by atoms with van der Waals surface area (Å²) in [5.74, 6) is -0.985. The van der Waals surface area contributed by atoms with Gasteiger partial charge in [0.15, 0.2) is 12.2 Å². The third-order valence-corrected chi connectivity index (χ3v) is 4.73. The van der Waals surface area contributed by atoms with Crippen LogP contribution in [0.15, 0.2) is 24.3 Å². The van der Waals surface area contributed by atoms with Crippen molar-refractivity contribution in [3.8, 4) is 11.5 Å². The SMILES string of the molecule is COc1cccc(OC2O[C@H](COC(C)=O)[C@@H](OC(C)=O)[C@@H]3OC(=O)N(C(C)=O)[C@@H]23)c1. The molecule has 3 rings (SSSR count). The highest BCUT2D eigenvalue weighted by Gasteiger charge is 2.60. The van der Waals surface area contributed by atoms with Crippen molar-refractivity contribution in [1.82, 2.24) is 4.90 Å². The molecule has 0 spiro atoms. The molecule has 5 atom stereocenters. The largest absolute Gasteiger partial charge is 0.497 e. The molecule has 0 saturated carbocycles. The van der Waals surface area contributed by atoms with Gasteiger partial charge in [0.2, 0.25) is 12.2 Å². The van der Waals surface area contributed by atoms with E-state index in [1.54, 1.807) is 24.3 Å². The molecule has 1 aromatic rings. The van der Waals surface area contributed by atoms with Crippen LogP contribution in [-0.4, -0.2) is 73.2 Å². The van der Waals surface area contributed by atoms with Crippen LogP contribution in [0.5, 0.6) is 11.5 Å². The maximum atomic E-state index is 12.4. The molecular weight excluding hydrogens is 414 g/mol. The number of imide groups is 1. The molecule has 31 heavy (non-hydrogen) atoms. The van der Waals surface area contributed by atoms with E-state index in [4.69, 9.17) is 28.4 Å². The molecule has 168 valence electrons. The molecule has 0 N–H and O–H groups in total. The van der Waals surface area contributed by atoms with E-state index in [0.717, 1.165) is 4.90 Å². The fourth-order valence-electron chi connectivity index (χ4n) is 3.50. The minimum Gasteiger partial charge on any atom is -0.497 e. The summed E-state index contributed by atoms with van der Waals surface area (Å²) in [6.45, 7) is 3.30. The molecule has 1 unspecified atom stereocenters. The van der Waals surface area contributed by atoms with Crippen molar-refractivity contribution in [3.05, 3.63) is 24.3 Å². The Morgan fingerprint density at radius 2 is 1.81 bits per heavy atom. The van der Waals surface area contributed by atoms with Gasteiger partial charge in [-0.1, -0.05) is 6.07 Å². The summed E-state index contributed by atoms with van der Waals surface area (Å²) in [4.78, 5) is 48.4. The lowest BCUT2D eigenvalue weighted by Crippen LogP contribution is -2.63. The van der Waals surface area contributed by atoms with Crippen LogP contribution in [0.25, 0.3) is 0 Å². The second-order valence-corrected chi connectivity index (χ2v) is 6.94. The molecule has 2 heterocycles. The lowest BCUT2D eigenvalue weighted by Gasteiger charge is -2.42. The summed E-state index contributed by atoms with van der Waals surface area (Å²) in [6, 6.07) is 5.57. The van der Waals surface area contributed by atoms with Crippen molar-refractivity contribution in [1.29, 1.82) is 0 Å². The van der Waals surface area contributed by atoms with Crippen molar-refractivity contribution in [2.45, 2.75) is 51.4 Å². The molecule has 11 heteroatoms. The summed E-state index contributed by atoms with van der Waals surface area (Å²) in [6.07, 6.45) is -5.34. The zero-order valence-corrected chi connectivity index (χ0v) is 17.4. The predicted octanol–water partition coefficient (Wildman–Crippen LogP) is 1.03. The van der Waals surface area contributed by atoms with Gasteiger partial charge in [-0.2, -0.15) is 0 Å². The second kappa shape index (κ2) is 9.21. The van der Waals surface area contributed by atoms with E-state index in [9.17, 15) is 19.2 Å². The molecule has 0 aliphatic carbocycles. The molecule has 1 aromatic carbocycles. The molecule has 11 nitrogen and oxygen atoms in total. The van der Waals surface area contributed by atoms with Crippen molar-refractivity contribution >= 4 is 23.9 Å². The lowest BCUT2D eigenvalue weighted by atomic mass is 9.96. The molecule has 0 aromatic heterocycles. The van der Waals surface area contributed by atoms with Crippen LogP contribution in [-0.2, 0) is 33.3 Å². The normalized spacial score (nSPS) is 27.0. The van der Waals surface area contributed by atoms with Crippen LogP contribution in [0.4, 0.5) is 4.79 Å². The van der Waals surface area contributed by atoms with E-state index in [1.807, 2.05) is 0 Å². The number of hydrogen-bond acceptors (Lipinski definition) is 10. The number of methoxy groups -OCH3 is 1. The zero-order valence-electron chi connectivity index (χ0n) is 17.4. The Morgan fingerprint density at radius 1 is 1.10 bits per heavy atom. The van der Waals surface area contributed by atoms with Crippen molar-refractivity contribution in [3.63, 3.8) is 0 Å². The minimum atomic E-state index is -1.19. The highest BCUT2D eigenvalue weighted by atomic mass is 16.7. The van der Waals surface area contributed by atoms with Crippen LogP contribution in [0.1, 0.15) is 20.8 Å². The van der Waals surface area contributed by atoms with E-state index in [1.165, 1.54) is 27.9 Å². The number of fused-ring (bicyclic) bond motifs is 1. The second-order valence-electron chi connectivity index (χ2n) is 6.94. The maximum Gasteiger partial charge on any atom is 0.417 e. The molecule has 2 saturated heterocycles. The highest BCUT2D eigenvalue weighted by Crippen LogP contribution is 2.36. The maximum absolute atomic E-state index is 12.4. The first-order valence-corrected chi connectivity index (χ1v) is 9.48. The number of rotatable bonds is 6. The zero-order chi connectivity index (χ0) is 22.7. The summed E-state index contributed by atoms with van der Waals surface area (Å²) >= 11 is 0. The summed E-state index contributed by atoms with van der Waals surface area (Å²) in [5.41, 5.74) is 0. The quantitative estimate of drug-likeness (QED) is 0.470. The van der Waals surface area contributed by atoms with E-state index >= 15 is 0 Å². The van der Waals surface area contributed by atoms with Crippen molar-refractivity contribution in [2.75, 3.05) is 13.7 Å². The van der Waals surface area contributed by atoms with Gasteiger partial charge >= 0.3 is 18.0 Å². The van der Waals surface area contributed by atoms with Gasteiger partial charge in [0.25, 0.3) is 0 Å². The fraction of sp³-hybridized carbons (Fsp3) is 0.500. The highest BCUT2D eigenvalue weighted by molar-refractivity contribution is 5.92. The van der Waals surface area contributed by atoms with Gasteiger partial charge in [-0.3, -0.25) is 14.4 Å². The smallest absolute Gasteiger partial charge is 0.417 e. The van der Waals surface area contributed by atoms with Gasteiger partial charge < -0.3 is 28.4 Å². The van der Waals surface area contributed by atoms with Gasteiger partial charge in [0.1, 0.15) is 30.3 Å². The average Bonchev–Trinajstić information content (AvgIpc) is 3.06. The van der Waals surface area contributed by atoms with E-state index < -0.39 is 54.6 Å². The number of amides is 2. The van der Waals surface area contributed by atoms with Crippen molar-refractivity contribution in [2.24, 2.45) is 0 Å². The van der Waals surface area contributed by atoms with E-state index in [0.29, 0.717) is 11.5 Å². The first-order valence-electron chi connectivity index (χ1n) is 9.48. The number of ether oxygens (including phenoxy) is 6. The summed E-state index contributed by atoms with van der Waals surface area (Å²) in [5, 5.41) is 0. The van der Waals surface area contributed by atoms with Crippen LogP contribution < -0.4 is 9.47 Å². The number of nitrogens with zero attached hydrogens (tertiary/aromatic N) is 1. The summed E-state index contributed by atoms with van der Waals surface area (Å²) < 4.78 is 32.7. The van der Waals surface area contributed by atoms with Crippen LogP contribution in [0, 0.1) is 0 Å². The Morgan fingerprint density at radius 3 is 2.42 bits per heavy atom. The Kier molecular flexibility index (Phi) is 6.64. The van der Waals surface area contributed by atoms with E-state index in [2.05, 4.69) is 0 Å². The van der Waals surface area contributed by atoms with Gasteiger partial charge in [-0.15, -0.1) is 0 Å². The molecule has 0 radical (unpaired) electrons. The van der Waals surface area contributed by atoms with Gasteiger partial charge in [0.05, 0.1) is 7.11 Å². The Bertz CT molecular complexity index is 871. The fourth-order valence-corrected chi connectivity index (χ4v) is 3.50. The van der Waals surface area contributed by atoms with Crippen LogP contribution in [0.2, 0.25) is 0 Å². The molecule has 2 amide bonds. The predicted molar refractivity (Wildman–Crippen MR) is 101 cm³/mol. The lowest BCUT2D eigenvalue weighted by molar-refractivity contribution is -0.247.